The lowest BCUT2D eigenvalue weighted by Crippen LogP contribution is -2.64. The first kappa shape index (κ1) is 51.8. The summed E-state index contributed by atoms with van der Waals surface area (Å²) in [6, 6.07) is 0. The van der Waals surface area contributed by atoms with Gasteiger partial charge in [-0.15, -0.1) is 0 Å². The quantitative estimate of drug-likeness (QED) is 0.0193. The van der Waals surface area contributed by atoms with E-state index < -0.39 is 75.7 Å². The van der Waals surface area contributed by atoms with Gasteiger partial charge in [-0.2, -0.15) is 0 Å². The summed E-state index contributed by atoms with van der Waals surface area (Å²) in [5.41, 5.74) is 0. The predicted molar refractivity (Wildman–Crippen MR) is 221 cm³/mol. The number of aliphatic hydroxyl groups excluding tert-OH is 5. The van der Waals surface area contributed by atoms with Gasteiger partial charge in [0.2, 0.25) is 0 Å². The molecule has 1 rings (SSSR count). The SMILES string of the molecule is CC/C=C\C/C=C\C/C=C\C/C=C\C/C=C\CC(=O)OC(COC(=O)CCCCC/C=C\C/C=C\C/C=C\CC)COP(=O)(O)OC1C(O)C(O)C(O)C(O)C1O. The first-order valence-corrected chi connectivity index (χ1v) is 21.5. The van der Waals surface area contributed by atoms with E-state index in [4.69, 9.17) is 18.5 Å². The summed E-state index contributed by atoms with van der Waals surface area (Å²) in [6.07, 6.45) is 29.4. The Bertz CT molecular complexity index is 1370. The van der Waals surface area contributed by atoms with Gasteiger partial charge in [-0.3, -0.25) is 18.6 Å². The Balaban J connectivity index is 2.63. The third-order valence-corrected chi connectivity index (χ3v) is 9.44. The van der Waals surface area contributed by atoms with Crippen LogP contribution < -0.4 is 0 Å². The molecule has 0 heterocycles. The van der Waals surface area contributed by atoms with Gasteiger partial charge >= 0.3 is 19.8 Å². The molecule has 1 aliphatic rings. The maximum absolute atomic E-state index is 12.8. The van der Waals surface area contributed by atoms with Crippen molar-refractivity contribution in [2.45, 2.75) is 146 Å². The molecule has 0 bridgehead atoms. The van der Waals surface area contributed by atoms with E-state index in [0.29, 0.717) is 12.8 Å². The number of ether oxygens (including phenoxy) is 2. The lowest BCUT2D eigenvalue weighted by Gasteiger charge is -2.41. The molecule has 0 radical (unpaired) electrons. The first-order chi connectivity index (χ1) is 27.4. The van der Waals surface area contributed by atoms with Gasteiger partial charge in [0.1, 0.15) is 43.2 Å². The number of carbonyl (C=O) groups excluding carboxylic acids is 2. The van der Waals surface area contributed by atoms with Crippen molar-refractivity contribution in [3.63, 3.8) is 0 Å². The molecule has 6 unspecified atom stereocenters. The second-order valence-corrected chi connectivity index (χ2v) is 14.8. The van der Waals surface area contributed by atoms with Gasteiger partial charge in [-0.25, -0.2) is 4.57 Å². The minimum absolute atomic E-state index is 0.106. The van der Waals surface area contributed by atoms with Crippen molar-refractivity contribution in [1.29, 1.82) is 0 Å². The maximum atomic E-state index is 12.8. The average Bonchev–Trinajstić information content (AvgIpc) is 3.19. The van der Waals surface area contributed by atoms with Crippen LogP contribution in [0.5, 0.6) is 0 Å². The van der Waals surface area contributed by atoms with Gasteiger partial charge in [-0.1, -0.05) is 117 Å². The van der Waals surface area contributed by atoms with Crippen LogP contribution in [-0.4, -0.2) is 98.3 Å². The number of unbranched alkanes of at least 4 members (excludes halogenated alkanes) is 3. The number of phosphoric ester groups is 1. The lowest BCUT2D eigenvalue weighted by molar-refractivity contribution is -0.220. The molecule has 1 fully saturated rings. The van der Waals surface area contributed by atoms with Crippen molar-refractivity contribution in [3.8, 4) is 0 Å². The monoisotopic (exact) mass is 822 g/mol. The predicted octanol–water partition coefficient (Wildman–Crippen LogP) is 6.71. The van der Waals surface area contributed by atoms with Crippen LogP contribution in [0.25, 0.3) is 0 Å². The van der Waals surface area contributed by atoms with E-state index in [1.807, 2.05) is 12.2 Å². The number of hydrogen-bond acceptors (Lipinski definition) is 12. The van der Waals surface area contributed by atoms with Crippen molar-refractivity contribution in [3.05, 3.63) is 97.2 Å². The van der Waals surface area contributed by atoms with E-state index in [2.05, 4.69) is 86.8 Å². The molecule has 0 aromatic carbocycles. The summed E-state index contributed by atoms with van der Waals surface area (Å²) in [7, 11) is -5.15. The molecule has 13 nitrogen and oxygen atoms in total. The number of phosphoric acid groups is 1. The Hall–Kier alpha value is -3.23. The lowest BCUT2D eigenvalue weighted by atomic mass is 9.85. The fourth-order valence-corrected chi connectivity index (χ4v) is 6.23. The average molecular weight is 823 g/mol. The fourth-order valence-electron chi connectivity index (χ4n) is 5.26. The summed E-state index contributed by atoms with van der Waals surface area (Å²) in [5, 5.41) is 50.0. The number of esters is 2. The largest absolute Gasteiger partial charge is 0.472 e. The van der Waals surface area contributed by atoms with Crippen molar-refractivity contribution in [1.82, 2.24) is 0 Å². The van der Waals surface area contributed by atoms with Gasteiger partial charge in [0.15, 0.2) is 6.10 Å². The van der Waals surface area contributed by atoms with Crippen LogP contribution >= 0.6 is 7.82 Å². The summed E-state index contributed by atoms with van der Waals surface area (Å²) in [5.74, 6) is -1.30. The van der Waals surface area contributed by atoms with Crippen molar-refractivity contribution in [2.24, 2.45) is 0 Å². The van der Waals surface area contributed by atoms with E-state index in [-0.39, 0.29) is 12.8 Å². The number of rotatable bonds is 30. The van der Waals surface area contributed by atoms with Crippen molar-refractivity contribution in [2.75, 3.05) is 13.2 Å². The van der Waals surface area contributed by atoms with E-state index >= 15 is 0 Å². The molecule has 0 amide bonds. The maximum Gasteiger partial charge on any atom is 0.472 e. The molecular formula is C43H67O13P. The van der Waals surface area contributed by atoms with Crippen LogP contribution in [0.2, 0.25) is 0 Å². The summed E-state index contributed by atoms with van der Waals surface area (Å²) in [6.45, 7) is 2.91. The van der Waals surface area contributed by atoms with Crippen LogP contribution in [0.3, 0.4) is 0 Å². The van der Waals surface area contributed by atoms with Gasteiger partial charge in [-0.05, 0) is 70.6 Å². The zero-order valence-electron chi connectivity index (χ0n) is 33.6. The van der Waals surface area contributed by atoms with Crippen LogP contribution in [0, 0.1) is 0 Å². The van der Waals surface area contributed by atoms with E-state index in [1.54, 1.807) is 12.2 Å². The molecular weight excluding hydrogens is 755 g/mol. The highest BCUT2D eigenvalue weighted by molar-refractivity contribution is 7.47. The molecule has 0 spiro atoms. The molecule has 1 aliphatic carbocycles. The summed E-state index contributed by atoms with van der Waals surface area (Å²) in [4.78, 5) is 35.4. The molecule has 0 aromatic rings. The molecule has 322 valence electrons. The van der Waals surface area contributed by atoms with E-state index in [1.165, 1.54) is 0 Å². The fraction of sp³-hybridized carbons (Fsp3) is 0.581. The Morgan fingerprint density at radius 2 is 1.00 bits per heavy atom. The zero-order chi connectivity index (χ0) is 42.2. The molecule has 1 saturated carbocycles. The Morgan fingerprint density at radius 3 is 1.49 bits per heavy atom. The number of carbonyl (C=O) groups is 2. The number of hydrogen-bond donors (Lipinski definition) is 6. The first-order valence-electron chi connectivity index (χ1n) is 20.0. The highest BCUT2D eigenvalue weighted by Gasteiger charge is 2.51. The van der Waals surface area contributed by atoms with Crippen LogP contribution in [0.4, 0.5) is 0 Å². The van der Waals surface area contributed by atoms with E-state index in [0.717, 1.165) is 64.2 Å². The molecule has 0 aromatic heterocycles. The van der Waals surface area contributed by atoms with Gasteiger partial charge in [0.25, 0.3) is 0 Å². The standard InChI is InChI=1S/C43H67O13P/c1-3-5-7-9-11-13-15-17-18-20-22-24-26-28-30-32-37(45)55-35(34-54-57(51,52)56-43-41(49)39(47)38(46)40(48)42(43)50)33-53-36(44)31-29-27-25-23-21-19-16-14-12-10-8-6-4-2/h5-8,11-14,17-19,21-22,24,28,30,35,38-43,46-50H,3-4,9-10,15-16,20,23,25-27,29,31-34H2,1-2H3,(H,51,52)/b7-5-,8-6-,13-11-,14-12-,18-17-,21-19-,24-22-,30-28-. The molecule has 57 heavy (non-hydrogen) atoms. The van der Waals surface area contributed by atoms with Crippen molar-refractivity contribution < 1.29 is 63.1 Å². The minimum atomic E-state index is -5.15. The van der Waals surface area contributed by atoms with Crippen LogP contribution in [0.15, 0.2) is 97.2 Å². The smallest absolute Gasteiger partial charge is 0.462 e. The van der Waals surface area contributed by atoms with Crippen LogP contribution in [-0.2, 0) is 32.7 Å². The number of aliphatic hydroxyl groups is 5. The number of allylic oxidation sites excluding steroid dienone is 15. The third-order valence-electron chi connectivity index (χ3n) is 8.45. The minimum Gasteiger partial charge on any atom is -0.462 e. The topological polar surface area (TPSA) is 210 Å². The van der Waals surface area contributed by atoms with Crippen molar-refractivity contribution >= 4 is 19.8 Å². The molecule has 0 saturated heterocycles. The second-order valence-electron chi connectivity index (χ2n) is 13.4. The van der Waals surface area contributed by atoms with Crippen LogP contribution in [0.1, 0.15) is 104 Å². The molecule has 6 N–H and O–H groups in total. The summed E-state index contributed by atoms with van der Waals surface area (Å²) >= 11 is 0. The molecule has 14 heteroatoms. The van der Waals surface area contributed by atoms with Gasteiger partial charge < -0.3 is 39.9 Å². The summed E-state index contributed by atoms with van der Waals surface area (Å²) < 4.78 is 33.2. The molecule has 6 atom stereocenters. The second kappa shape index (κ2) is 32.7. The highest BCUT2D eigenvalue weighted by Crippen LogP contribution is 2.47. The zero-order valence-corrected chi connectivity index (χ0v) is 34.5. The Labute approximate surface area is 339 Å². The van der Waals surface area contributed by atoms with Gasteiger partial charge in [0, 0.05) is 6.42 Å². The Morgan fingerprint density at radius 1 is 0.561 bits per heavy atom. The normalized spacial score (nSPS) is 23.7. The van der Waals surface area contributed by atoms with E-state index in [9.17, 15) is 44.6 Å². The third kappa shape index (κ3) is 25.7. The Kier molecular flexibility index (Phi) is 29.7. The molecule has 0 aliphatic heterocycles. The highest BCUT2D eigenvalue weighted by atomic mass is 31.2. The van der Waals surface area contributed by atoms with Gasteiger partial charge in [0.05, 0.1) is 13.0 Å².